The van der Waals surface area contributed by atoms with E-state index in [1.165, 1.54) is 0 Å². The number of hydrogen-bond donors (Lipinski definition) is 2. The van der Waals surface area contributed by atoms with E-state index in [1.54, 1.807) is 16.7 Å². The molecule has 0 aromatic heterocycles. The van der Waals surface area contributed by atoms with Crippen molar-refractivity contribution in [2.75, 3.05) is 39.3 Å². The summed E-state index contributed by atoms with van der Waals surface area (Å²) in [5.41, 5.74) is 0.267. The van der Waals surface area contributed by atoms with Gasteiger partial charge in [0.1, 0.15) is 18.2 Å². The highest BCUT2D eigenvalue weighted by Crippen LogP contribution is 2.25. The van der Waals surface area contributed by atoms with E-state index in [1.807, 2.05) is 51.1 Å². The van der Waals surface area contributed by atoms with Crippen LogP contribution in [0.5, 0.6) is 0 Å². The molecule has 1 aromatic carbocycles. The summed E-state index contributed by atoms with van der Waals surface area (Å²) in [6.07, 6.45) is 3.01. The zero-order valence-electron chi connectivity index (χ0n) is 26.5. The summed E-state index contributed by atoms with van der Waals surface area (Å²) in [7, 11) is 0. The summed E-state index contributed by atoms with van der Waals surface area (Å²) < 4.78 is 15.7. The number of carbonyl (C=O) groups excluding carboxylic acids is 5. The molecule has 2 aliphatic rings. The maximum Gasteiger partial charge on any atom is 0.410 e. The van der Waals surface area contributed by atoms with Gasteiger partial charge in [-0.2, -0.15) is 0 Å². The molecule has 1 aromatic rings. The van der Waals surface area contributed by atoms with E-state index in [-0.39, 0.29) is 37.7 Å². The van der Waals surface area contributed by atoms with Crippen LogP contribution in [0.25, 0.3) is 0 Å². The molecule has 4 amide bonds. The first kappa shape index (κ1) is 34.7. The third-order valence-electron chi connectivity index (χ3n) is 7.73. The van der Waals surface area contributed by atoms with Gasteiger partial charge in [-0.1, -0.05) is 30.3 Å². The summed E-state index contributed by atoms with van der Waals surface area (Å²) in [6.45, 7) is 9.33. The summed E-state index contributed by atoms with van der Waals surface area (Å²) in [4.78, 5) is 66.7. The summed E-state index contributed by atoms with van der Waals surface area (Å²) in [5, 5.41) is 5.23. The minimum atomic E-state index is -1.12. The number of rotatable bonds is 11. The highest BCUT2D eigenvalue weighted by Gasteiger charge is 2.31. The molecule has 12 heteroatoms. The molecular weight excluding hydrogens is 568 g/mol. The van der Waals surface area contributed by atoms with Gasteiger partial charge in [-0.3, -0.25) is 9.59 Å². The van der Waals surface area contributed by atoms with Crippen LogP contribution in [0, 0.1) is 11.8 Å². The van der Waals surface area contributed by atoms with Crippen LogP contribution in [0.15, 0.2) is 30.3 Å². The first-order valence-corrected chi connectivity index (χ1v) is 15.6. The maximum atomic E-state index is 13.0. The van der Waals surface area contributed by atoms with Gasteiger partial charge in [0.25, 0.3) is 0 Å². The minimum Gasteiger partial charge on any atom is -0.464 e. The smallest absolute Gasteiger partial charge is 0.410 e. The number of nitrogens with one attached hydrogen (secondary N) is 2. The average molecular weight is 617 g/mol. The van der Waals surface area contributed by atoms with Crippen molar-refractivity contribution >= 4 is 30.0 Å². The Labute approximate surface area is 260 Å². The first-order chi connectivity index (χ1) is 20.9. The molecule has 2 saturated heterocycles. The predicted octanol–water partition coefficient (Wildman–Crippen LogP) is 3.63. The van der Waals surface area contributed by atoms with Gasteiger partial charge in [0.2, 0.25) is 11.8 Å². The Bertz CT molecular complexity index is 1120. The largest absolute Gasteiger partial charge is 0.464 e. The standard InChI is InChI=1S/C32H48N4O8/c1-5-42-29(39)26(34-30(40)43-22-24-10-7-6-8-11-24)20-33-28(38)25-12-9-17-36(21-25)27(37)14-13-23-15-18-35(19-16-23)31(41)44-32(2,3)4/h6-8,10-11,23,25-26H,5,9,12-22H2,1-4H3,(H,33,38)(H,34,40)/t25-,26+/m1/s1. The van der Waals surface area contributed by atoms with Crippen LogP contribution in [0.2, 0.25) is 0 Å². The van der Waals surface area contributed by atoms with E-state index in [4.69, 9.17) is 14.2 Å². The van der Waals surface area contributed by atoms with Crippen molar-refractivity contribution in [3.63, 3.8) is 0 Å². The lowest BCUT2D eigenvalue weighted by atomic mass is 9.91. The summed E-state index contributed by atoms with van der Waals surface area (Å²) in [5.74, 6) is -1.01. The number of ether oxygens (including phenoxy) is 3. The Morgan fingerprint density at radius 1 is 0.955 bits per heavy atom. The van der Waals surface area contributed by atoms with Crippen LogP contribution >= 0.6 is 0 Å². The molecule has 12 nitrogen and oxygen atoms in total. The van der Waals surface area contributed by atoms with Crippen molar-refractivity contribution in [1.82, 2.24) is 20.4 Å². The van der Waals surface area contributed by atoms with E-state index in [0.717, 1.165) is 24.8 Å². The molecule has 0 radical (unpaired) electrons. The van der Waals surface area contributed by atoms with Crippen molar-refractivity contribution in [3.05, 3.63) is 35.9 Å². The van der Waals surface area contributed by atoms with E-state index in [9.17, 15) is 24.0 Å². The molecule has 2 atom stereocenters. The number of carbonyl (C=O) groups is 5. The van der Waals surface area contributed by atoms with E-state index < -0.39 is 29.6 Å². The highest BCUT2D eigenvalue weighted by molar-refractivity contribution is 5.84. The van der Waals surface area contributed by atoms with Crippen molar-refractivity contribution in [2.45, 2.75) is 84.5 Å². The molecule has 2 aliphatic heterocycles. The molecule has 0 unspecified atom stereocenters. The number of piperidine rings is 2. The number of amides is 4. The minimum absolute atomic E-state index is 0.0179. The fraction of sp³-hybridized carbons (Fsp3) is 0.656. The third-order valence-corrected chi connectivity index (χ3v) is 7.73. The molecule has 0 saturated carbocycles. The van der Waals surface area contributed by atoms with Gasteiger partial charge < -0.3 is 34.6 Å². The number of hydrogen-bond acceptors (Lipinski definition) is 8. The van der Waals surface area contributed by atoms with E-state index in [0.29, 0.717) is 51.4 Å². The first-order valence-electron chi connectivity index (χ1n) is 15.6. The Hall–Kier alpha value is -3.83. The van der Waals surface area contributed by atoms with Gasteiger partial charge in [0, 0.05) is 39.1 Å². The fourth-order valence-corrected chi connectivity index (χ4v) is 5.32. The number of alkyl carbamates (subject to hydrolysis) is 1. The van der Waals surface area contributed by atoms with Gasteiger partial charge in [0.15, 0.2) is 0 Å². The van der Waals surface area contributed by atoms with Gasteiger partial charge in [-0.25, -0.2) is 14.4 Å². The lowest BCUT2D eigenvalue weighted by Crippen LogP contribution is -2.52. The number of benzene rings is 1. The Morgan fingerprint density at radius 2 is 1.66 bits per heavy atom. The highest BCUT2D eigenvalue weighted by atomic mass is 16.6. The molecule has 2 fully saturated rings. The van der Waals surface area contributed by atoms with Crippen LogP contribution in [-0.4, -0.2) is 90.7 Å². The summed E-state index contributed by atoms with van der Waals surface area (Å²) in [6, 6.07) is 8.01. The fourth-order valence-electron chi connectivity index (χ4n) is 5.32. The lowest BCUT2D eigenvalue weighted by Gasteiger charge is -2.34. The zero-order chi connectivity index (χ0) is 32.1. The molecule has 0 spiro atoms. The molecule has 0 bridgehead atoms. The molecule has 0 aliphatic carbocycles. The second kappa shape index (κ2) is 16.9. The van der Waals surface area contributed by atoms with E-state index in [2.05, 4.69) is 10.6 Å². The third kappa shape index (κ3) is 11.7. The monoisotopic (exact) mass is 616 g/mol. The van der Waals surface area contributed by atoms with Gasteiger partial charge >= 0.3 is 18.2 Å². The second-order valence-electron chi connectivity index (χ2n) is 12.4. The van der Waals surface area contributed by atoms with Crippen LogP contribution in [-0.2, 0) is 35.2 Å². The zero-order valence-corrected chi connectivity index (χ0v) is 26.5. The molecule has 2 heterocycles. The number of nitrogens with zero attached hydrogens (tertiary/aromatic N) is 2. The van der Waals surface area contributed by atoms with E-state index >= 15 is 0 Å². The molecule has 3 rings (SSSR count). The molecule has 244 valence electrons. The van der Waals surface area contributed by atoms with Gasteiger partial charge in [-0.15, -0.1) is 0 Å². The molecular formula is C32H48N4O8. The maximum absolute atomic E-state index is 13.0. The van der Waals surface area contributed by atoms with Crippen LogP contribution in [0.1, 0.15) is 71.8 Å². The molecule has 2 N–H and O–H groups in total. The predicted molar refractivity (Wildman–Crippen MR) is 162 cm³/mol. The Morgan fingerprint density at radius 3 is 2.32 bits per heavy atom. The van der Waals surface area contributed by atoms with Gasteiger partial charge in [-0.05, 0) is 71.3 Å². The van der Waals surface area contributed by atoms with Crippen LogP contribution in [0.3, 0.4) is 0 Å². The van der Waals surface area contributed by atoms with Gasteiger partial charge in [0.05, 0.1) is 12.5 Å². The Balaban J connectivity index is 1.41. The lowest BCUT2D eigenvalue weighted by molar-refractivity contribution is -0.145. The molecule has 44 heavy (non-hydrogen) atoms. The topological polar surface area (TPSA) is 144 Å². The Kier molecular flexibility index (Phi) is 13.3. The normalized spacial score (nSPS) is 18.1. The van der Waals surface area contributed by atoms with Crippen molar-refractivity contribution in [1.29, 1.82) is 0 Å². The van der Waals surface area contributed by atoms with Crippen LogP contribution in [0.4, 0.5) is 9.59 Å². The summed E-state index contributed by atoms with van der Waals surface area (Å²) >= 11 is 0. The average Bonchev–Trinajstić information content (AvgIpc) is 3.00. The van der Waals surface area contributed by atoms with Crippen molar-refractivity contribution in [2.24, 2.45) is 11.8 Å². The SMILES string of the molecule is CCOC(=O)[C@H](CNC(=O)[C@@H]1CCCN(C(=O)CCC2CCN(C(=O)OC(C)(C)C)CC2)C1)NC(=O)OCc1ccccc1. The second-order valence-corrected chi connectivity index (χ2v) is 12.4. The van der Waals surface area contributed by atoms with Crippen molar-refractivity contribution in [3.8, 4) is 0 Å². The number of esters is 1. The van der Waals surface area contributed by atoms with Crippen molar-refractivity contribution < 1.29 is 38.2 Å². The quantitative estimate of drug-likeness (QED) is 0.284. The number of likely N-dealkylation sites (tertiary alicyclic amines) is 2. The van der Waals surface area contributed by atoms with Crippen LogP contribution < -0.4 is 10.6 Å².